The van der Waals surface area contributed by atoms with Crippen molar-refractivity contribution in [3.8, 4) is 17.7 Å². The van der Waals surface area contributed by atoms with Gasteiger partial charge in [0.15, 0.2) is 0 Å². The van der Waals surface area contributed by atoms with Gasteiger partial charge in [0.05, 0.1) is 0 Å². The third-order valence-corrected chi connectivity index (χ3v) is 3.76. The smallest absolute Gasteiger partial charge is 0.308 e. The second-order valence-corrected chi connectivity index (χ2v) is 5.40. The highest BCUT2D eigenvalue weighted by atomic mass is 16.5. The van der Waals surface area contributed by atoms with Gasteiger partial charge < -0.3 is 14.4 Å². The molecule has 0 aliphatic carbocycles. The van der Waals surface area contributed by atoms with E-state index in [1.807, 2.05) is 53.6 Å². The molecule has 0 spiro atoms. The summed E-state index contributed by atoms with van der Waals surface area (Å²) in [4.78, 5) is 9.79. The Hall–Kier alpha value is -3.07. The second-order valence-electron chi connectivity index (χ2n) is 5.40. The monoisotopic (exact) mass is 322 g/mol. The number of benzene rings is 1. The summed E-state index contributed by atoms with van der Waals surface area (Å²) in [5.74, 6) is 1.50. The number of rotatable bonds is 3. The van der Waals surface area contributed by atoms with Crippen LogP contribution in [0.1, 0.15) is 12.8 Å². The summed E-state index contributed by atoms with van der Waals surface area (Å²) < 4.78 is 11.7. The summed E-state index contributed by atoms with van der Waals surface area (Å²) in [7, 11) is 0. The van der Waals surface area contributed by atoms with Crippen LogP contribution in [0.5, 0.6) is 11.5 Å². The quantitative estimate of drug-likeness (QED) is 0.494. The average Bonchev–Trinajstić information content (AvgIpc) is 2.64. The van der Waals surface area contributed by atoms with Gasteiger partial charge in [-0.1, -0.05) is 18.2 Å². The van der Waals surface area contributed by atoms with E-state index in [2.05, 4.69) is 9.98 Å². The fourth-order valence-electron chi connectivity index (χ4n) is 2.57. The van der Waals surface area contributed by atoms with E-state index in [1.165, 1.54) is 0 Å². The number of aliphatic imine (C=N–C) groups is 1. The van der Waals surface area contributed by atoms with E-state index in [-0.39, 0.29) is 6.10 Å². The van der Waals surface area contributed by atoms with Crippen molar-refractivity contribution in [1.82, 2.24) is 9.88 Å². The van der Waals surface area contributed by atoms with Gasteiger partial charge in [-0.05, 0) is 24.3 Å². The number of piperidine rings is 1. The number of para-hydroxylation sites is 1. The van der Waals surface area contributed by atoms with Crippen LogP contribution in [0, 0.1) is 11.5 Å². The number of nitrogens with zero attached hydrogens (tertiary/aromatic N) is 4. The average molecular weight is 322 g/mol. The maximum Gasteiger partial charge on any atom is 0.308 e. The summed E-state index contributed by atoms with van der Waals surface area (Å²) in [5.41, 5.74) is 0. The minimum absolute atomic E-state index is 0.142. The third-order valence-electron chi connectivity index (χ3n) is 3.76. The zero-order valence-electron chi connectivity index (χ0n) is 13.2. The van der Waals surface area contributed by atoms with Gasteiger partial charge in [-0.3, -0.25) is 4.98 Å². The molecule has 6 heteroatoms. The van der Waals surface area contributed by atoms with Gasteiger partial charge in [-0.2, -0.15) is 5.26 Å². The summed E-state index contributed by atoms with van der Waals surface area (Å²) in [5, 5.41) is 8.92. The highest BCUT2D eigenvalue weighted by Gasteiger charge is 2.24. The Morgan fingerprint density at radius 1 is 1.08 bits per heavy atom. The van der Waals surface area contributed by atoms with Crippen LogP contribution in [0.2, 0.25) is 0 Å². The minimum Gasteiger partial charge on any atom is -0.490 e. The number of hydrogen-bond acceptors (Lipinski definition) is 5. The first-order chi connectivity index (χ1) is 11.8. The molecule has 0 N–H and O–H groups in total. The summed E-state index contributed by atoms with van der Waals surface area (Å²) in [6, 6.07) is 13.4. The first kappa shape index (κ1) is 15.8. The molecule has 6 nitrogen and oxygen atoms in total. The van der Waals surface area contributed by atoms with E-state index in [0.717, 1.165) is 31.7 Å². The van der Waals surface area contributed by atoms with Gasteiger partial charge in [0.25, 0.3) is 0 Å². The molecule has 1 aromatic heterocycles. The predicted molar refractivity (Wildman–Crippen MR) is 89.6 cm³/mol. The number of pyridine rings is 1. The number of aromatic nitrogens is 1. The maximum absolute atomic E-state index is 8.92. The summed E-state index contributed by atoms with van der Waals surface area (Å²) >= 11 is 0. The van der Waals surface area contributed by atoms with E-state index in [0.29, 0.717) is 11.8 Å². The van der Waals surface area contributed by atoms with Gasteiger partial charge in [0.1, 0.15) is 17.6 Å². The molecule has 0 radical (unpaired) electrons. The van der Waals surface area contributed by atoms with Crippen LogP contribution in [-0.4, -0.2) is 35.1 Å². The van der Waals surface area contributed by atoms with Crippen molar-refractivity contribution in [2.24, 2.45) is 4.99 Å². The van der Waals surface area contributed by atoms with Crippen molar-refractivity contribution in [3.63, 3.8) is 0 Å². The standard InChI is InChI=1S/C18H18N4O2/c19-14-21-18(24-15-4-2-1-3-5-15)22-12-8-17(9-13-22)23-16-6-10-20-11-7-16/h1-7,10-11,17H,8-9,12-13H2. The molecule has 0 saturated carbocycles. The molecular weight excluding hydrogens is 304 g/mol. The molecule has 0 bridgehead atoms. The van der Waals surface area contributed by atoms with Crippen molar-refractivity contribution >= 4 is 6.02 Å². The van der Waals surface area contributed by atoms with Gasteiger partial charge in [-0.25, -0.2) is 0 Å². The Morgan fingerprint density at radius 2 is 1.79 bits per heavy atom. The Balaban J connectivity index is 1.58. The Bertz CT molecular complexity index is 705. The molecule has 1 aromatic carbocycles. The summed E-state index contributed by atoms with van der Waals surface area (Å²) in [6.07, 6.45) is 7.07. The SMILES string of the molecule is N#CN=C(Oc1ccccc1)N1CCC(Oc2ccncc2)CC1. The number of amidine groups is 1. The second kappa shape index (κ2) is 7.97. The molecule has 2 aromatic rings. The lowest BCUT2D eigenvalue weighted by Crippen LogP contribution is -2.43. The van der Waals surface area contributed by atoms with Gasteiger partial charge in [0, 0.05) is 38.3 Å². The molecule has 1 aliphatic heterocycles. The molecule has 1 aliphatic rings. The largest absolute Gasteiger partial charge is 0.490 e. The molecule has 0 amide bonds. The van der Waals surface area contributed by atoms with E-state index < -0.39 is 0 Å². The third kappa shape index (κ3) is 4.23. The van der Waals surface area contributed by atoms with Crippen LogP contribution in [0.3, 0.4) is 0 Å². The molecule has 1 saturated heterocycles. The number of likely N-dealkylation sites (tertiary alicyclic amines) is 1. The van der Waals surface area contributed by atoms with Crippen LogP contribution in [0.25, 0.3) is 0 Å². The normalized spacial score (nSPS) is 15.6. The van der Waals surface area contributed by atoms with Gasteiger partial charge in [0.2, 0.25) is 6.19 Å². The maximum atomic E-state index is 8.92. The highest BCUT2D eigenvalue weighted by molar-refractivity contribution is 5.77. The van der Waals surface area contributed by atoms with E-state index in [1.54, 1.807) is 12.4 Å². The molecular formula is C18H18N4O2. The molecule has 0 atom stereocenters. The fourth-order valence-corrected chi connectivity index (χ4v) is 2.57. The molecule has 2 heterocycles. The minimum atomic E-state index is 0.142. The van der Waals surface area contributed by atoms with E-state index >= 15 is 0 Å². The van der Waals surface area contributed by atoms with Crippen molar-refractivity contribution in [2.75, 3.05) is 13.1 Å². The topological polar surface area (TPSA) is 70.7 Å². The Kier molecular flexibility index (Phi) is 5.25. The fraction of sp³-hybridized carbons (Fsp3) is 0.278. The highest BCUT2D eigenvalue weighted by Crippen LogP contribution is 2.19. The van der Waals surface area contributed by atoms with Crippen LogP contribution in [0.15, 0.2) is 59.9 Å². The number of ether oxygens (including phenoxy) is 2. The Morgan fingerprint density at radius 3 is 2.46 bits per heavy atom. The first-order valence-electron chi connectivity index (χ1n) is 7.86. The number of hydrogen-bond donors (Lipinski definition) is 0. The lowest BCUT2D eigenvalue weighted by Gasteiger charge is -2.33. The molecule has 24 heavy (non-hydrogen) atoms. The summed E-state index contributed by atoms with van der Waals surface area (Å²) in [6.45, 7) is 1.45. The van der Waals surface area contributed by atoms with Crippen molar-refractivity contribution < 1.29 is 9.47 Å². The lowest BCUT2D eigenvalue weighted by atomic mass is 10.1. The molecule has 122 valence electrons. The first-order valence-corrected chi connectivity index (χ1v) is 7.86. The van der Waals surface area contributed by atoms with Crippen LogP contribution >= 0.6 is 0 Å². The Labute approximate surface area is 141 Å². The molecule has 1 fully saturated rings. The van der Waals surface area contributed by atoms with Crippen LogP contribution < -0.4 is 9.47 Å². The van der Waals surface area contributed by atoms with Gasteiger partial charge in [-0.15, -0.1) is 4.99 Å². The van der Waals surface area contributed by atoms with Crippen molar-refractivity contribution in [2.45, 2.75) is 18.9 Å². The van der Waals surface area contributed by atoms with Crippen molar-refractivity contribution in [1.29, 1.82) is 5.26 Å². The zero-order valence-corrected chi connectivity index (χ0v) is 13.2. The lowest BCUT2D eigenvalue weighted by molar-refractivity contribution is 0.124. The molecule has 3 rings (SSSR count). The number of nitriles is 1. The van der Waals surface area contributed by atoms with E-state index in [4.69, 9.17) is 14.7 Å². The van der Waals surface area contributed by atoms with E-state index in [9.17, 15) is 0 Å². The predicted octanol–water partition coefficient (Wildman–Crippen LogP) is 2.84. The van der Waals surface area contributed by atoms with Gasteiger partial charge >= 0.3 is 6.02 Å². The van der Waals surface area contributed by atoms with Crippen LogP contribution in [0.4, 0.5) is 0 Å². The molecule has 0 unspecified atom stereocenters. The van der Waals surface area contributed by atoms with Crippen molar-refractivity contribution in [3.05, 3.63) is 54.9 Å². The van der Waals surface area contributed by atoms with Crippen LogP contribution in [-0.2, 0) is 0 Å². The zero-order chi connectivity index (χ0) is 16.6.